The summed E-state index contributed by atoms with van der Waals surface area (Å²) in [5, 5.41) is 0. The van der Waals surface area contributed by atoms with E-state index >= 15 is 0 Å². The Hall–Kier alpha value is -0.220. The van der Waals surface area contributed by atoms with Gasteiger partial charge in [-0.25, -0.2) is 8.78 Å². The van der Waals surface area contributed by atoms with Crippen molar-refractivity contribution in [1.29, 1.82) is 0 Å². The first-order chi connectivity index (χ1) is 5.62. The lowest BCUT2D eigenvalue weighted by atomic mass is 9.78. The Morgan fingerprint density at radius 3 is 2.42 bits per heavy atom. The molecule has 2 fully saturated rings. The van der Waals surface area contributed by atoms with Gasteiger partial charge < -0.3 is 4.90 Å². The van der Waals surface area contributed by atoms with E-state index in [4.69, 9.17) is 0 Å². The molecule has 0 aliphatic carbocycles. The minimum absolute atomic E-state index is 0.0339. The molecule has 0 saturated carbocycles. The van der Waals surface area contributed by atoms with Crippen LogP contribution in [0.25, 0.3) is 0 Å². The van der Waals surface area contributed by atoms with Crippen LogP contribution in [0.15, 0.2) is 0 Å². The number of nitrogens with zero attached hydrogens (tertiary/aromatic N) is 2. The fourth-order valence-electron chi connectivity index (χ4n) is 2.35. The van der Waals surface area contributed by atoms with Gasteiger partial charge >= 0.3 is 0 Å². The van der Waals surface area contributed by atoms with Crippen molar-refractivity contribution in [2.24, 2.45) is 0 Å². The Balaban J connectivity index is 1.85. The lowest BCUT2D eigenvalue weighted by Gasteiger charge is -2.62. The zero-order chi connectivity index (χ0) is 8.77. The van der Waals surface area contributed by atoms with E-state index in [1.165, 1.54) is 0 Å². The van der Waals surface area contributed by atoms with Gasteiger partial charge in [-0.3, -0.25) is 4.90 Å². The standard InChI is InChI=1S/C8H14F2N2/c1-11-5-8(6-11)2-3-12(8)4-7(9)10/h7H,2-6H2,1H3. The molecule has 2 saturated heterocycles. The number of rotatable bonds is 2. The van der Waals surface area contributed by atoms with Crippen molar-refractivity contribution in [3.8, 4) is 0 Å². The number of hydrogen-bond acceptors (Lipinski definition) is 2. The Morgan fingerprint density at radius 1 is 1.42 bits per heavy atom. The third kappa shape index (κ3) is 1.13. The molecule has 70 valence electrons. The molecular formula is C8H14F2N2. The molecular weight excluding hydrogens is 162 g/mol. The summed E-state index contributed by atoms with van der Waals surface area (Å²) < 4.78 is 24.1. The van der Waals surface area contributed by atoms with Crippen LogP contribution in [-0.2, 0) is 0 Å². The van der Waals surface area contributed by atoms with E-state index in [-0.39, 0.29) is 12.1 Å². The first kappa shape index (κ1) is 8.38. The number of hydrogen-bond donors (Lipinski definition) is 0. The first-order valence-corrected chi connectivity index (χ1v) is 4.34. The number of halogens is 2. The molecule has 0 N–H and O–H groups in total. The number of likely N-dealkylation sites (N-methyl/N-ethyl adjacent to an activating group) is 1. The second-order valence-electron chi connectivity index (χ2n) is 3.98. The summed E-state index contributed by atoms with van der Waals surface area (Å²) in [5.74, 6) is 0. The van der Waals surface area contributed by atoms with Gasteiger partial charge in [-0.2, -0.15) is 0 Å². The van der Waals surface area contributed by atoms with Gasteiger partial charge in [0.05, 0.1) is 6.54 Å². The Morgan fingerprint density at radius 2 is 2.08 bits per heavy atom. The van der Waals surface area contributed by atoms with Crippen LogP contribution in [0, 0.1) is 0 Å². The Bertz CT molecular complexity index is 178. The predicted octanol–water partition coefficient (Wildman–Crippen LogP) is 0.641. The molecule has 0 atom stereocenters. The molecule has 1 spiro atoms. The molecule has 2 nitrogen and oxygen atoms in total. The monoisotopic (exact) mass is 176 g/mol. The van der Waals surface area contributed by atoms with Crippen LogP contribution in [0.1, 0.15) is 6.42 Å². The van der Waals surface area contributed by atoms with Crippen molar-refractivity contribution < 1.29 is 8.78 Å². The Kier molecular flexibility index (Phi) is 1.84. The van der Waals surface area contributed by atoms with Gasteiger partial charge in [-0.05, 0) is 13.5 Å². The van der Waals surface area contributed by atoms with Crippen molar-refractivity contribution in [2.45, 2.75) is 18.4 Å². The summed E-state index contributed by atoms with van der Waals surface area (Å²) in [4.78, 5) is 4.11. The highest BCUT2D eigenvalue weighted by Gasteiger charge is 2.52. The highest BCUT2D eigenvalue weighted by Crippen LogP contribution is 2.38. The molecule has 0 radical (unpaired) electrons. The van der Waals surface area contributed by atoms with Gasteiger partial charge in [0.15, 0.2) is 0 Å². The van der Waals surface area contributed by atoms with Crippen LogP contribution in [0.5, 0.6) is 0 Å². The van der Waals surface area contributed by atoms with E-state index in [0.29, 0.717) is 0 Å². The lowest BCUT2D eigenvalue weighted by molar-refractivity contribution is -0.130. The average Bonchev–Trinajstić information content (AvgIpc) is 1.91. The van der Waals surface area contributed by atoms with Crippen LogP contribution < -0.4 is 0 Å². The molecule has 2 aliphatic rings. The highest BCUT2D eigenvalue weighted by molar-refractivity contribution is 5.09. The van der Waals surface area contributed by atoms with Crippen molar-refractivity contribution >= 4 is 0 Å². The third-order valence-corrected chi connectivity index (χ3v) is 3.00. The predicted molar refractivity (Wildman–Crippen MR) is 42.4 cm³/mol. The van der Waals surface area contributed by atoms with Gasteiger partial charge in [0.2, 0.25) is 0 Å². The summed E-state index contributed by atoms with van der Waals surface area (Å²) in [5.41, 5.74) is 0.144. The van der Waals surface area contributed by atoms with E-state index in [0.717, 1.165) is 26.1 Å². The van der Waals surface area contributed by atoms with Crippen molar-refractivity contribution in [3.05, 3.63) is 0 Å². The zero-order valence-corrected chi connectivity index (χ0v) is 7.26. The van der Waals surface area contributed by atoms with Crippen LogP contribution in [0.3, 0.4) is 0 Å². The molecule has 0 aromatic heterocycles. The van der Waals surface area contributed by atoms with Crippen molar-refractivity contribution in [2.75, 3.05) is 33.2 Å². The van der Waals surface area contributed by atoms with Crippen LogP contribution in [0.4, 0.5) is 8.78 Å². The van der Waals surface area contributed by atoms with E-state index in [1.54, 1.807) is 0 Å². The molecule has 0 aromatic carbocycles. The fourth-order valence-corrected chi connectivity index (χ4v) is 2.35. The van der Waals surface area contributed by atoms with Gasteiger partial charge in [0, 0.05) is 25.2 Å². The second-order valence-corrected chi connectivity index (χ2v) is 3.98. The quantitative estimate of drug-likeness (QED) is 0.609. The normalized spacial score (nSPS) is 29.0. The maximum Gasteiger partial charge on any atom is 0.251 e. The number of likely N-dealkylation sites (tertiary alicyclic amines) is 2. The first-order valence-electron chi connectivity index (χ1n) is 4.34. The van der Waals surface area contributed by atoms with E-state index < -0.39 is 6.43 Å². The SMILES string of the molecule is CN1CC2(CCN2CC(F)F)C1. The average molecular weight is 176 g/mol. The maximum atomic E-state index is 12.1. The minimum Gasteiger partial charge on any atom is -0.303 e. The van der Waals surface area contributed by atoms with Gasteiger partial charge in [-0.1, -0.05) is 0 Å². The zero-order valence-electron chi connectivity index (χ0n) is 7.26. The summed E-state index contributed by atoms with van der Waals surface area (Å²) in [6, 6.07) is 0. The fraction of sp³-hybridized carbons (Fsp3) is 1.00. The molecule has 2 aliphatic heterocycles. The van der Waals surface area contributed by atoms with Crippen molar-refractivity contribution in [1.82, 2.24) is 9.80 Å². The van der Waals surface area contributed by atoms with E-state index in [9.17, 15) is 8.78 Å². The Labute approximate surface area is 71.1 Å². The van der Waals surface area contributed by atoms with Gasteiger partial charge in [0.25, 0.3) is 6.43 Å². The summed E-state index contributed by atoms with van der Waals surface area (Å²) in [6.45, 7) is 2.77. The molecule has 0 bridgehead atoms. The third-order valence-electron chi connectivity index (χ3n) is 3.00. The minimum atomic E-state index is -2.17. The smallest absolute Gasteiger partial charge is 0.251 e. The molecule has 2 heterocycles. The van der Waals surface area contributed by atoms with Gasteiger partial charge in [0.1, 0.15) is 0 Å². The molecule has 0 unspecified atom stereocenters. The van der Waals surface area contributed by atoms with E-state index in [1.807, 2.05) is 11.9 Å². The van der Waals surface area contributed by atoms with Gasteiger partial charge in [-0.15, -0.1) is 0 Å². The topological polar surface area (TPSA) is 6.48 Å². The molecule has 4 heteroatoms. The largest absolute Gasteiger partial charge is 0.303 e. The highest BCUT2D eigenvalue weighted by atomic mass is 19.3. The second kappa shape index (κ2) is 2.64. The molecule has 0 amide bonds. The number of alkyl halides is 2. The molecule has 12 heavy (non-hydrogen) atoms. The van der Waals surface area contributed by atoms with Crippen molar-refractivity contribution in [3.63, 3.8) is 0 Å². The maximum absolute atomic E-state index is 12.1. The summed E-state index contributed by atoms with van der Waals surface area (Å²) >= 11 is 0. The van der Waals surface area contributed by atoms with Crippen LogP contribution >= 0.6 is 0 Å². The molecule has 0 aromatic rings. The van der Waals surface area contributed by atoms with Crippen LogP contribution in [0.2, 0.25) is 0 Å². The summed E-state index contributed by atoms with van der Waals surface area (Å²) in [7, 11) is 2.03. The molecule has 2 rings (SSSR count). The summed E-state index contributed by atoms with van der Waals surface area (Å²) in [6.07, 6.45) is -1.07. The lowest BCUT2D eigenvalue weighted by Crippen LogP contribution is -2.76. The van der Waals surface area contributed by atoms with Crippen LogP contribution in [-0.4, -0.2) is 55.0 Å². The van der Waals surface area contributed by atoms with E-state index in [2.05, 4.69) is 4.90 Å².